The predicted octanol–water partition coefficient (Wildman–Crippen LogP) is 20.2. The Hall–Kier alpha value is -7.52. The van der Waals surface area contributed by atoms with Gasteiger partial charge in [-0.25, -0.2) is 0 Å². The van der Waals surface area contributed by atoms with Crippen LogP contribution in [0.1, 0.15) is 77.6 Å². The van der Waals surface area contributed by atoms with Crippen molar-refractivity contribution in [3.05, 3.63) is 235 Å². The highest BCUT2D eigenvalue weighted by Gasteiger charge is 2.37. The second kappa shape index (κ2) is 16.8. The molecule has 0 spiro atoms. The van der Waals surface area contributed by atoms with Crippen LogP contribution >= 0.6 is 11.3 Å². The molecule has 12 rings (SSSR count). The lowest BCUT2D eigenvalue weighted by Gasteiger charge is -2.31. The van der Waals surface area contributed by atoms with Gasteiger partial charge in [-0.15, -0.1) is 11.3 Å². The fourth-order valence-electron chi connectivity index (χ4n) is 11.4. The summed E-state index contributed by atoms with van der Waals surface area (Å²) < 4.78 is 2.62. The van der Waals surface area contributed by atoms with Gasteiger partial charge in [-0.1, -0.05) is 237 Å². The van der Waals surface area contributed by atoms with E-state index >= 15 is 0 Å². The summed E-state index contributed by atoms with van der Waals surface area (Å²) in [6.45, 7) is 18.7. The molecule has 1 nitrogen and oxygen atoms in total. The van der Waals surface area contributed by atoms with Gasteiger partial charge in [-0.05, 0) is 119 Å². The van der Waals surface area contributed by atoms with E-state index in [2.05, 4.69) is 273 Å². The molecule has 0 saturated carbocycles. The lowest BCUT2D eigenvalue weighted by atomic mass is 9.78. The molecule has 0 saturated heterocycles. The molecule has 0 unspecified atom stereocenters. The van der Waals surface area contributed by atoms with Crippen molar-refractivity contribution in [2.75, 3.05) is 4.90 Å². The summed E-state index contributed by atoms with van der Waals surface area (Å²) in [6, 6.07) is 80.0. The van der Waals surface area contributed by atoms with E-state index in [1.165, 1.54) is 109 Å². The Bertz CT molecular complexity index is 3850. The lowest BCUT2D eigenvalue weighted by Crippen LogP contribution is -2.16. The summed E-state index contributed by atoms with van der Waals surface area (Å²) in [6.07, 6.45) is 0. The summed E-state index contributed by atoms with van der Waals surface area (Å²) in [5.41, 5.74) is 21.0. The highest BCUT2D eigenvalue weighted by Crippen LogP contribution is 2.55. The van der Waals surface area contributed by atoms with Crippen molar-refractivity contribution in [2.24, 2.45) is 0 Å². The van der Waals surface area contributed by atoms with Crippen LogP contribution in [0.4, 0.5) is 17.1 Å². The van der Waals surface area contributed by atoms with Crippen molar-refractivity contribution >= 4 is 59.3 Å². The van der Waals surface area contributed by atoms with Gasteiger partial charge in [0.25, 0.3) is 0 Å². The van der Waals surface area contributed by atoms with E-state index in [9.17, 15) is 0 Å². The van der Waals surface area contributed by atoms with E-state index in [0.29, 0.717) is 0 Å². The number of hydrogen-bond donors (Lipinski definition) is 0. The van der Waals surface area contributed by atoms with E-state index in [-0.39, 0.29) is 16.2 Å². The monoisotopic (exact) mass is 933 g/mol. The number of thiophene rings is 1. The van der Waals surface area contributed by atoms with Gasteiger partial charge >= 0.3 is 0 Å². The van der Waals surface area contributed by atoms with Crippen LogP contribution in [0.25, 0.3) is 86.6 Å². The minimum atomic E-state index is -0.128. The zero-order chi connectivity index (χ0) is 48.8. The first kappa shape index (κ1) is 44.7. The van der Waals surface area contributed by atoms with Crippen LogP contribution < -0.4 is 4.90 Å². The van der Waals surface area contributed by atoms with Crippen LogP contribution in [0.15, 0.2) is 212 Å². The molecule has 0 aliphatic heterocycles. The smallest absolute Gasteiger partial charge is 0.0540 e. The number of hydrogen-bond acceptors (Lipinski definition) is 2. The van der Waals surface area contributed by atoms with Crippen LogP contribution in [0.2, 0.25) is 0 Å². The van der Waals surface area contributed by atoms with Gasteiger partial charge < -0.3 is 4.90 Å². The third kappa shape index (κ3) is 7.51. The third-order valence-electron chi connectivity index (χ3n) is 15.2. The molecular weight excluding hydrogens is 875 g/mol. The number of benzene rings is 10. The molecule has 1 aromatic heterocycles. The zero-order valence-corrected chi connectivity index (χ0v) is 42.9. The van der Waals surface area contributed by atoms with Crippen LogP contribution in [0, 0.1) is 0 Å². The maximum Gasteiger partial charge on any atom is 0.0540 e. The first-order chi connectivity index (χ1) is 34.3. The zero-order valence-electron chi connectivity index (χ0n) is 42.1. The maximum atomic E-state index is 2.55. The van der Waals surface area contributed by atoms with Crippen LogP contribution in [0.3, 0.4) is 0 Å². The quantitative estimate of drug-likeness (QED) is 0.154. The molecule has 71 heavy (non-hydrogen) atoms. The fraction of sp³-hybridized carbons (Fsp3) is 0.159. The summed E-state index contributed by atoms with van der Waals surface area (Å²) in [7, 11) is 0. The fourth-order valence-corrected chi connectivity index (χ4v) is 12.7. The normalized spacial score (nSPS) is 13.2. The average Bonchev–Trinajstić information content (AvgIpc) is 3.88. The molecule has 0 atom stereocenters. The Kier molecular flexibility index (Phi) is 10.6. The number of para-hydroxylation sites is 2. The first-order valence-corrected chi connectivity index (χ1v) is 26.0. The van der Waals surface area contributed by atoms with Crippen LogP contribution in [0.5, 0.6) is 0 Å². The molecule has 1 aliphatic carbocycles. The molecule has 0 amide bonds. The van der Waals surface area contributed by atoms with E-state index < -0.39 is 0 Å². The minimum Gasteiger partial charge on any atom is -0.309 e. The molecule has 2 heteroatoms. The van der Waals surface area contributed by atoms with Gasteiger partial charge in [0.1, 0.15) is 0 Å². The second-order valence-corrected chi connectivity index (χ2v) is 23.2. The minimum absolute atomic E-state index is 0.0162. The summed E-state index contributed by atoms with van der Waals surface area (Å²) in [5, 5.41) is 5.09. The molecule has 346 valence electrons. The van der Waals surface area contributed by atoms with E-state index in [4.69, 9.17) is 0 Å². The highest BCUT2D eigenvalue weighted by atomic mass is 32.1. The molecular formula is C69H59NS. The predicted molar refractivity (Wildman–Crippen MR) is 308 cm³/mol. The van der Waals surface area contributed by atoms with Crippen LogP contribution in [-0.2, 0) is 16.2 Å². The Balaban J connectivity index is 1.13. The van der Waals surface area contributed by atoms with Gasteiger partial charge in [-0.2, -0.15) is 0 Å². The second-order valence-electron chi connectivity index (χ2n) is 22.1. The van der Waals surface area contributed by atoms with Gasteiger partial charge in [0.15, 0.2) is 0 Å². The summed E-state index contributed by atoms with van der Waals surface area (Å²) >= 11 is 1.89. The summed E-state index contributed by atoms with van der Waals surface area (Å²) in [5.74, 6) is 0. The van der Waals surface area contributed by atoms with Crippen molar-refractivity contribution in [2.45, 2.75) is 71.6 Å². The molecule has 0 N–H and O–H groups in total. The van der Waals surface area contributed by atoms with Crippen molar-refractivity contribution < 1.29 is 0 Å². The topological polar surface area (TPSA) is 3.24 Å². The van der Waals surface area contributed by atoms with Crippen molar-refractivity contribution in [3.63, 3.8) is 0 Å². The van der Waals surface area contributed by atoms with E-state index in [0.717, 1.165) is 17.1 Å². The number of anilines is 3. The van der Waals surface area contributed by atoms with Gasteiger partial charge in [0, 0.05) is 42.4 Å². The lowest BCUT2D eigenvalue weighted by molar-refractivity contribution is 0.569. The molecule has 1 heterocycles. The largest absolute Gasteiger partial charge is 0.309 e. The van der Waals surface area contributed by atoms with E-state index in [1.54, 1.807) is 0 Å². The van der Waals surface area contributed by atoms with Gasteiger partial charge in [0.05, 0.1) is 11.4 Å². The first-order valence-electron chi connectivity index (χ1n) is 25.2. The number of rotatable bonds is 7. The van der Waals surface area contributed by atoms with Gasteiger partial charge in [0.2, 0.25) is 0 Å². The Morgan fingerprint density at radius 2 is 0.915 bits per heavy atom. The van der Waals surface area contributed by atoms with Crippen molar-refractivity contribution in [3.8, 4) is 55.6 Å². The molecule has 10 aromatic carbocycles. The highest BCUT2D eigenvalue weighted by molar-refractivity contribution is 7.26. The van der Waals surface area contributed by atoms with Crippen LogP contribution in [-0.4, -0.2) is 0 Å². The Morgan fingerprint density at radius 1 is 0.394 bits per heavy atom. The molecule has 0 fully saturated rings. The van der Waals surface area contributed by atoms with E-state index in [1.807, 2.05) is 11.3 Å². The molecule has 11 aromatic rings. The molecule has 0 radical (unpaired) electrons. The number of nitrogens with zero attached hydrogens (tertiary/aromatic N) is 1. The van der Waals surface area contributed by atoms with Crippen molar-refractivity contribution in [1.82, 2.24) is 0 Å². The molecule has 0 bridgehead atoms. The number of fused-ring (bicyclic) bond motifs is 7. The molecule has 1 aliphatic rings. The maximum absolute atomic E-state index is 2.55. The Labute approximate surface area is 423 Å². The summed E-state index contributed by atoms with van der Waals surface area (Å²) in [4.78, 5) is 2.55. The van der Waals surface area contributed by atoms with Gasteiger partial charge in [-0.3, -0.25) is 0 Å². The Morgan fingerprint density at radius 3 is 1.63 bits per heavy atom. The average molecular weight is 934 g/mol. The SMILES string of the molecule is CC(C)(C)c1cc(-c2cccc3cccc(-c4ccccc4N(c4cccc(-c5cccc6c5sc5ccccc56)c4)c4ccccc4-c4cccc5c4-c4ccccc4C5(C)C)c23)cc(C(C)(C)C)c1. The van der Waals surface area contributed by atoms with Crippen molar-refractivity contribution in [1.29, 1.82) is 0 Å². The third-order valence-corrected chi connectivity index (χ3v) is 16.4. The standard InChI is InChI=1S/C69H59NS/c1-67(2,3)47-40-46(41-48(43-47)68(4,5)6)50-30-18-22-44-23-19-32-55(64(44)50)52-26-10-14-37-61(52)70(49-25-17-24-45(42-49)51-31-20-34-57-54-28-12-16-39-63(54)71-66(51)57)62-38-15-11-27-53(62)56-33-21-36-60-65(56)58-29-9-13-35-59(58)69(60,7)8/h9-43H,1-8H3.